The van der Waals surface area contributed by atoms with E-state index in [2.05, 4.69) is 0 Å². The molecule has 2 rings (SSSR count). The number of rotatable bonds is 3. The molecule has 0 unspecified atom stereocenters. The van der Waals surface area contributed by atoms with Gasteiger partial charge in [0.2, 0.25) is 0 Å². The fraction of sp³-hybridized carbons (Fsp3) is 0.500. The molecule has 1 aromatic rings. The molecule has 0 saturated carbocycles. The summed E-state index contributed by atoms with van der Waals surface area (Å²) in [6.07, 6.45) is 0.870. The first kappa shape index (κ1) is 12.0. The van der Waals surface area contributed by atoms with Crippen molar-refractivity contribution in [2.45, 2.75) is 12.5 Å². The molecule has 5 heteroatoms. The molecule has 0 aromatic heterocycles. The summed E-state index contributed by atoms with van der Waals surface area (Å²) in [7, 11) is 1.60. The van der Waals surface area contributed by atoms with E-state index in [0.717, 1.165) is 12.0 Å². The van der Waals surface area contributed by atoms with Crippen molar-refractivity contribution in [3.63, 3.8) is 0 Å². The summed E-state index contributed by atoms with van der Waals surface area (Å²) in [6, 6.07) is 3.41. The van der Waals surface area contributed by atoms with Crippen LogP contribution in [0.4, 0.5) is 0 Å². The third kappa shape index (κ3) is 2.45. The standard InChI is InChI=1S/C12H18N2O3/c1-15-10-6-12-11(16-3-2-4-17-12)5-8(10)9(14)7-13/h5-6,9H,2-4,7,13-14H2,1H3/t9-/m1/s1. The highest BCUT2D eigenvalue weighted by Gasteiger charge is 2.18. The Morgan fingerprint density at radius 1 is 1.29 bits per heavy atom. The zero-order valence-corrected chi connectivity index (χ0v) is 9.94. The molecule has 0 fully saturated rings. The quantitative estimate of drug-likeness (QED) is 0.814. The fourth-order valence-electron chi connectivity index (χ4n) is 1.80. The van der Waals surface area contributed by atoms with Gasteiger partial charge in [-0.05, 0) is 6.07 Å². The van der Waals surface area contributed by atoms with Gasteiger partial charge in [0, 0.05) is 30.6 Å². The third-order valence-corrected chi connectivity index (χ3v) is 2.75. The third-order valence-electron chi connectivity index (χ3n) is 2.75. The lowest BCUT2D eigenvalue weighted by Gasteiger charge is -2.17. The monoisotopic (exact) mass is 238 g/mol. The molecule has 94 valence electrons. The van der Waals surface area contributed by atoms with Crippen LogP contribution >= 0.6 is 0 Å². The van der Waals surface area contributed by atoms with Crippen molar-refractivity contribution in [1.29, 1.82) is 0 Å². The van der Waals surface area contributed by atoms with Crippen LogP contribution in [0.25, 0.3) is 0 Å². The van der Waals surface area contributed by atoms with Gasteiger partial charge in [0.05, 0.1) is 20.3 Å². The molecule has 0 amide bonds. The SMILES string of the molecule is COc1cc2c(cc1[C@H](N)CN)OCCCO2. The average molecular weight is 238 g/mol. The molecule has 5 nitrogen and oxygen atoms in total. The minimum absolute atomic E-state index is 0.262. The van der Waals surface area contributed by atoms with Crippen LogP contribution < -0.4 is 25.7 Å². The second-order valence-electron chi connectivity index (χ2n) is 3.93. The van der Waals surface area contributed by atoms with Crippen LogP contribution in [0.1, 0.15) is 18.0 Å². The van der Waals surface area contributed by atoms with Gasteiger partial charge in [-0.15, -0.1) is 0 Å². The van der Waals surface area contributed by atoms with E-state index in [4.69, 9.17) is 25.7 Å². The van der Waals surface area contributed by atoms with Crippen molar-refractivity contribution in [2.24, 2.45) is 11.5 Å². The largest absolute Gasteiger partial charge is 0.496 e. The molecule has 0 spiro atoms. The first-order valence-corrected chi connectivity index (χ1v) is 5.69. The Bertz CT molecular complexity index is 396. The van der Waals surface area contributed by atoms with Gasteiger partial charge in [-0.1, -0.05) is 0 Å². The molecule has 4 N–H and O–H groups in total. The van der Waals surface area contributed by atoms with Gasteiger partial charge in [-0.2, -0.15) is 0 Å². The highest BCUT2D eigenvalue weighted by molar-refractivity contribution is 5.52. The van der Waals surface area contributed by atoms with Crippen LogP contribution in [0.5, 0.6) is 17.2 Å². The predicted octanol–water partition coefficient (Wildman–Crippen LogP) is 0.815. The van der Waals surface area contributed by atoms with Crippen LogP contribution in [0.15, 0.2) is 12.1 Å². The van der Waals surface area contributed by atoms with Crippen LogP contribution in [-0.4, -0.2) is 26.9 Å². The molecule has 0 radical (unpaired) electrons. The molecule has 0 saturated heterocycles. The van der Waals surface area contributed by atoms with Crippen molar-refractivity contribution >= 4 is 0 Å². The van der Waals surface area contributed by atoms with E-state index in [1.165, 1.54) is 0 Å². The molecule has 0 aliphatic carbocycles. The lowest BCUT2D eigenvalue weighted by Crippen LogP contribution is -2.21. The number of ether oxygens (including phenoxy) is 3. The van der Waals surface area contributed by atoms with Gasteiger partial charge in [0.1, 0.15) is 5.75 Å². The molecule has 0 bridgehead atoms. The topological polar surface area (TPSA) is 79.7 Å². The Morgan fingerprint density at radius 2 is 1.94 bits per heavy atom. The smallest absolute Gasteiger partial charge is 0.164 e. The highest BCUT2D eigenvalue weighted by atomic mass is 16.5. The van der Waals surface area contributed by atoms with Crippen LogP contribution in [-0.2, 0) is 0 Å². The molecule has 1 aliphatic rings. The Kier molecular flexibility index (Phi) is 3.71. The van der Waals surface area contributed by atoms with Crippen molar-refractivity contribution in [3.8, 4) is 17.2 Å². The maximum Gasteiger partial charge on any atom is 0.164 e. The molecular weight excluding hydrogens is 220 g/mol. The van der Waals surface area contributed by atoms with Gasteiger partial charge in [0.15, 0.2) is 11.5 Å². The lowest BCUT2D eigenvalue weighted by atomic mass is 10.1. The van der Waals surface area contributed by atoms with E-state index in [1.54, 1.807) is 7.11 Å². The summed E-state index contributed by atoms with van der Waals surface area (Å²) in [6.45, 7) is 1.66. The van der Waals surface area contributed by atoms with Crippen LogP contribution in [0, 0.1) is 0 Å². The summed E-state index contributed by atoms with van der Waals surface area (Å²) < 4.78 is 16.5. The Hall–Kier alpha value is -1.46. The molecule has 1 atom stereocenters. The summed E-state index contributed by atoms with van der Waals surface area (Å²) >= 11 is 0. The van der Waals surface area contributed by atoms with Crippen molar-refractivity contribution in [3.05, 3.63) is 17.7 Å². The van der Waals surface area contributed by atoms with E-state index >= 15 is 0 Å². The number of hydrogen-bond acceptors (Lipinski definition) is 5. The first-order valence-electron chi connectivity index (χ1n) is 5.69. The molecular formula is C12H18N2O3. The molecule has 1 aromatic carbocycles. The predicted molar refractivity (Wildman–Crippen MR) is 64.6 cm³/mol. The van der Waals surface area contributed by atoms with Crippen molar-refractivity contribution in [2.75, 3.05) is 26.9 Å². The van der Waals surface area contributed by atoms with Gasteiger partial charge in [-0.25, -0.2) is 0 Å². The fourth-order valence-corrected chi connectivity index (χ4v) is 1.80. The maximum absolute atomic E-state index is 5.94. The van der Waals surface area contributed by atoms with Gasteiger partial charge in [-0.3, -0.25) is 0 Å². The average Bonchev–Trinajstić information content (AvgIpc) is 2.60. The van der Waals surface area contributed by atoms with E-state index < -0.39 is 0 Å². The van der Waals surface area contributed by atoms with Crippen molar-refractivity contribution in [1.82, 2.24) is 0 Å². The molecule has 1 heterocycles. The van der Waals surface area contributed by atoms with E-state index in [1.807, 2.05) is 12.1 Å². The Labute approximate surface area is 101 Å². The van der Waals surface area contributed by atoms with Crippen molar-refractivity contribution < 1.29 is 14.2 Å². The molecule has 17 heavy (non-hydrogen) atoms. The highest BCUT2D eigenvalue weighted by Crippen LogP contribution is 2.38. The zero-order chi connectivity index (χ0) is 12.3. The number of methoxy groups -OCH3 is 1. The number of benzene rings is 1. The van der Waals surface area contributed by atoms with E-state index in [0.29, 0.717) is 37.0 Å². The second-order valence-corrected chi connectivity index (χ2v) is 3.93. The van der Waals surface area contributed by atoms with E-state index in [9.17, 15) is 0 Å². The number of hydrogen-bond donors (Lipinski definition) is 2. The first-order chi connectivity index (χ1) is 8.26. The molecule has 1 aliphatic heterocycles. The Morgan fingerprint density at radius 3 is 2.53 bits per heavy atom. The normalized spacial score (nSPS) is 16.2. The number of nitrogens with two attached hydrogens (primary N) is 2. The summed E-state index contributed by atoms with van der Waals surface area (Å²) in [4.78, 5) is 0. The summed E-state index contributed by atoms with van der Waals surface area (Å²) in [5, 5.41) is 0. The van der Waals surface area contributed by atoms with Crippen LogP contribution in [0.2, 0.25) is 0 Å². The maximum atomic E-state index is 5.94. The van der Waals surface area contributed by atoms with Crippen LogP contribution in [0.3, 0.4) is 0 Å². The second kappa shape index (κ2) is 5.25. The van der Waals surface area contributed by atoms with Gasteiger partial charge < -0.3 is 25.7 Å². The summed E-state index contributed by atoms with van der Waals surface area (Å²) in [5.74, 6) is 2.10. The number of fused-ring (bicyclic) bond motifs is 1. The minimum Gasteiger partial charge on any atom is -0.496 e. The van der Waals surface area contributed by atoms with Gasteiger partial charge in [0.25, 0.3) is 0 Å². The van der Waals surface area contributed by atoms with Gasteiger partial charge >= 0.3 is 0 Å². The minimum atomic E-state index is -0.262. The van der Waals surface area contributed by atoms with E-state index in [-0.39, 0.29) is 6.04 Å². The lowest BCUT2D eigenvalue weighted by molar-refractivity contribution is 0.296. The Balaban J connectivity index is 2.42. The zero-order valence-electron chi connectivity index (χ0n) is 9.94. The summed E-state index contributed by atoms with van der Waals surface area (Å²) in [5.41, 5.74) is 12.4.